The molecule has 0 unspecified atom stereocenters. The molecule has 3 rings (SSSR count). The van der Waals surface area contributed by atoms with E-state index in [2.05, 4.69) is 9.98 Å². The smallest absolute Gasteiger partial charge is 0.252 e. The van der Waals surface area contributed by atoms with Crippen LogP contribution in [0.25, 0.3) is 5.57 Å². The van der Waals surface area contributed by atoms with Gasteiger partial charge in [-0.2, -0.15) is 0 Å². The van der Waals surface area contributed by atoms with Gasteiger partial charge >= 0.3 is 0 Å². The number of allylic oxidation sites excluding steroid dienone is 2. The molecule has 2 aliphatic heterocycles. The second kappa shape index (κ2) is 4.68. The van der Waals surface area contributed by atoms with Crippen molar-refractivity contribution >= 4 is 17.3 Å². The van der Waals surface area contributed by atoms with Gasteiger partial charge in [0.2, 0.25) is 0 Å². The summed E-state index contributed by atoms with van der Waals surface area (Å²) < 4.78 is 0. The van der Waals surface area contributed by atoms with Crippen LogP contribution < -0.4 is 5.73 Å². The predicted octanol–water partition coefficient (Wildman–Crippen LogP) is 0.952. The summed E-state index contributed by atoms with van der Waals surface area (Å²) >= 11 is 0. The number of carbonyl (C=O) groups excluding carboxylic acids is 1. The van der Waals surface area contributed by atoms with E-state index in [1.54, 1.807) is 18.5 Å². The van der Waals surface area contributed by atoms with Crippen LogP contribution in [0.1, 0.15) is 12.0 Å². The summed E-state index contributed by atoms with van der Waals surface area (Å²) in [6.45, 7) is 1.60. The molecule has 0 aromatic carbocycles. The summed E-state index contributed by atoms with van der Waals surface area (Å²) in [7, 11) is 0. The first kappa shape index (κ1) is 11.6. The molecule has 0 fully saturated rings. The van der Waals surface area contributed by atoms with Crippen LogP contribution in [0.4, 0.5) is 0 Å². The first-order valence-electron chi connectivity index (χ1n) is 6.21. The standard InChI is InChI=1S/C14H14N4O/c15-13(19)12-8-11(10-2-5-16-6-3-10)9-18-7-1-4-17-14(12)18/h2-3,5-6,8-9H,1,4,7H2,(H2,15,19). The maximum absolute atomic E-state index is 11.6. The topological polar surface area (TPSA) is 71.6 Å². The van der Waals surface area contributed by atoms with Gasteiger partial charge in [-0.05, 0) is 35.8 Å². The van der Waals surface area contributed by atoms with Crippen LogP contribution in [0.2, 0.25) is 0 Å². The van der Waals surface area contributed by atoms with Gasteiger partial charge < -0.3 is 10.6 Å². The molecule has 3 heterocycles. The summed E-state index contributed by atoms with van der Waals surface area (Å²) in [4.78, 5) is 22.0. The number of hydrogen-bond donors (Lipinski definition) is 1. The number of amides is 1. The number of pyridine rings is 1. The Balaban J connectivity index is 2.07. The van der Waals surface area contributed by atoms with Crippen molar-refractivity contribution in [3.05, 3.63) is 47.9 Å². The Labute approximate surface area is 111 Å². The molecule has 0 radical (unpaired) electrons. The number of nitrogens with two attached hydrogens (primary N) is 1. The minimum Gasteiger partial charge on any atom is -0.365 e. The zero-order valence-corrected chi connectivity index (χ0v) is 10.4. The van der Waals surface area contributed by atoms with Crippen LogP contribution in [-0.4, -0.2) is 34.7 Å². The van der Waals surface area contributed by atoms with Gasteiger partial charge in [-0.25, -0.2) is 0 Å². The number of carbonyl (C=O) groups is 1. The lowest BCUT2D eigenvalue weighted by atomic mass is 9.99. The molecule has 1 amide bonds. The van der Waals surface area contributed by atoms with Gasteiger partial charge in [0, 0.05) is 31.7 Å². The number of rotatable bonds is 2. The van der Waals surface area contributed by atoms with Crippen molar-refractivity contribution in [3.63, 3.8) is 0 Å². The molecule has 96 valence electrons. The summed E-state index contributed by atoms with van der Waals surface area (Å²) in [5, 5.41) is 0. The Morgan fingerprint density at radius 3 is 2.84 bits per heavy atom. The maximum atomic E-state index is 11.6. The average molecular weight is 254 g/mol. The highest BCUT2D eigenvalue weighted by molar-refractivity contribution is 6.23. The molecule has 0 spiro atoms. The van der Waals surface area contributed by atoms with E-state index < -0.39 is 5.91 Å². The molecule has 2 aliphatic rings. The highest BCUT2D eigenvalue weighted by atomic mass is 16.1. The molecule has 0 aliphatic carbocycles. The van der Waals surface area contributed by atoms with E-state index in [4.69, 9.17) is 5.73 Å². The van der Waals surface area contributed by atoms with Gasteiger partial charge in [-0.1, -0.05) is 0 Å². The molecule has 0 saturated carbocycles. The van der Waals surface area contributed by atoms with Crippen LogP contribution in [0, 0.1) is 0 Å². The molecule has 0 atom stereocenters. The Morgan fingerprint density at radius 1 is 1.32 bits per heavy atom. The van der Waals surface area contributed by atoms with E-state index in [-0.39, 0.29) is 0 Å². The third-order valence-corrected chi connectivity index (χ3v) is 3.21. The Morgan fingerprint density at radius 2 is 2.11 bits per heavy atom. The summed E-state index contributed by atoms with van der Waals surface area (Å²) in [5.74, 6) is 0.252. The molecule has 19 heavy (non-hydrogen) atoms. The molecule has 0 bridgehead atoms. The Hall–Kier alpha value is -2.43. The number of aromatic nitrogens is 1. The summed E-state index contributed by atoms with van der Waals surface area (Å²) in [6, 6.07) is 3.82. The fourth-order valence-electron chi connectivity index (χ4n) is 2.30. The SMILES string of the molecule is NC(=O)C1=CC(c2ccncc2)=CN2CCCN=C12. The van der Waals surface area contributed by atoms with E-state index in [0.717, 1.165) is 30.6 Å². The van der Waals surface area contributed by atoms with E-state index in [0.29, 0.717) is 11.4 Å². The minimum absolute atomic E-state index is 0.440. The number of primary amides is 1. The van der Waals surface area contributed by atoms with Crippen LogP contribution in [0.15, 0.2) is 47.4 Å². The lowest BCUT2D eigenvalue weighted by molar-refractivity contribution is -0.114. The zero-order valence-electron chi connectivity index (χ0n) is 10.4. The number of nitrogens with zero attached hydrogens (tertiary/aromatic N) is 3. The molecule has 1 aromatic heterocycles. The maximum Gasteiger partial charge on any atom is 0.252 e. The van der Waals surface area contributed by atoms with Gasteiger partial charge in [0.15, 0.2) is 0 Å². The van der Waals surface area contributed by atoms with E-state index in [1.807, 2.05) is 23.2 Å². The summed E-state index contributed by atoms with van der Waals surface area (Å²) in [6.07, 6.45) is 8.26. The number of hydrogen-bond acceptors (Lipinski definition) is 4. The highest BCUT2D eigenvalue weighted by Gasteiger charge is 2.25. The fraction of sp³-hybridized carbons (Fsp3) is 0.214. The zero-order chi connectivity index (χ0) is 13.2. The van der Waals surface area contributed by atoms with Crippen molar-refractivity contribution in [2.24, 2.45) is 10.7 Å². The van der Waals surface area contributed by atoms with Crippen molar-refractivity contribution in [2.45, 2.75) is 6.42 Å². The average Bonchev–Trinajstić information content (AvgIpc) is 2.47. The first-order chi connectivity index (χ1) is 9.25. The first-order valence-corrected chi connectivity index (χ1v) is 6.21. The third kappa shape index (κ3) is 2.14. The number of amidine groups is 1. The van der Waals surface area contributed by atoms with Gasteiger partial charge in [-0.15, -0.1) is 0 Å². The van der Waals surface area contributed by atoms with Crippen LogP contribution >= 0.6 is 0 Å². The van der Waals surface area contributed by atoms with Crippen molar-refractivity contribution < 1.29 is 4.79 Å². The largest absolute Gasteiger partial charge is 0.365 e. The van der Waals surface area contributed by atoms with Crippen molar-refractivity contribution in [1.29, 1.82) is 0 Å². The van der Waals surface area contributed by atoms with Gasteiger partial charge in [0.1, 0.15) is 5.84 Å². The van der Waals surface area contributed by atoms with E-state index in [1.165, 1.54) is 0 Å². The van der Waals surface area contributed by atoms with Gasteiger partial charge in [0.25, 0.3) is 5.91 Å². The van der Waals surface area contributed by atoms with Crippen LogP contribution in [-0.2, 0) is 4.79 Å². The lowest BCUT2D eigenvalue weighted by Crippen LogP contribution is -2.38. The second-order valence-electron chi connectivity index (χ2n) is 4.49. The molecule has 2 N–H and O–H groups in total. The van der Waals surface area contributed by atoms with Gasteiger partial charge in [-0.3, -0.25) is 14.8 Å². The minimum atomic E-state index is -0.440. The highest BCUT2D eigenvalue weighted by Crippen LogP contribution is 2.25. The Bertz CT molecular complexity index is 601. The predicted molar refractivity (Wildman–Crippen MR) is 73.1 cm³/mol. The van der Waals surface area contributed by atoms with E-state index >= 15 is 0 Å². The fourth-order valence-corrected chi connectivity index (χ4v) is 2.30. The lowest BCUT2D eigenvalue weighted by Gasteiger charge is -2.30. The second-order valence-corrected chi connectivity index (χ2v) is 4.49. The number of aliphatic imine (C=N–C) groups is 1. The molecule has 1 aromatic rings. The molecule has 0 saturated heterocycles. The molecular formula is C14H14N4O. The summed E-state index contributed by atoms with van der Waals surface area (Å²) in [5.41, 5.74) is 7.91. The molecule has 5 nitrogen and oxygen atoms in total. The Kier molecular flexibility index (Phi) is 2.87. The quantitative estimate of drug-likeness (QED) is 0.854. The third-order valence-electron chi connectivity index (χ3n) is 3.21. The molecular weight excluding hydrogens is 240 g/mol. The van der Waals surface area contributed by atoms with Crippen molar-refractivity contribution in [2.75, 3.05) is 13.1 Å². The van der Waals surface area contributed by atoms with Gasteiger partial charge in [0.05, 0.1) is 5.57 Å². The van der Waals surface area contributed by atoms with Crippen LogP contribution in [0.3, 0.4) is 0 Å². The number of fused-ring (bicyclic) bond motifs is 1. The monoisotopic (exact) mass is 254 g/mol. The molecule has 5 heteroatoms. The van der Waals surface area contributed by atoms with Crippen molar-refractivity contribution in [3.8, 4) is 0 Å². The normalized spacial score (nSPS) is 18.1. The van der Waals surface area contributed by atoms with Crippen LogP contribution in [0.5, 0.6) is 0 Å². The van der Waals surface area contributed by atoms with E-state index in [9.17, 15) is 4.79 Å². The van der Waals surface area contributed by atoms with Crippen molar-refractivity contribution in [1.82, 2.24) is 9.88 Å².